The molecule has 2 fully saturated rings. The fourth-order valence-electron chi connectivity index (χ4n) is 7.48. The lowest BCUT2D eigenvalue weighted by Gasteiger charge is -2.31. The number of Topliss-reactive ketones (excluding diaryl/α,β-unsaturated/α-hetero) is 1. The smallest absolute Gasteiger partial charge is 0.446 e. The van der Waals surface area contributed by atoms with Crippen LogP contribution >= 0.6 is 0 Å². The van der Waals surface area contributed by atoms with Gasteiger partial charge >= 0.3 is 12.5 Å². The van der Waals surface area contributed by atoms with Gasteiger partial charge in [-0.1, -0.05) is 53.4 Å². The van der Waals surface area contributed by atoms with Crippen LogP contribution in [0.4, 0.5) is 29.3 Å². The van der Waals surface area contributed by atoms with Crippen LogP contribution in [0.5, 0.6) is 5.75 Å². The number of ketones is 1. The third kappa shape index (κ3) is 11.0. The lowest BCUT2D eigenvalue weighted by atomic mass is 9.88. The van der Waals surface area contributed by atoms with E-state index in [0.29, 0.717) is 31.5 Å². The van der Waals surface area contributed by atoms with Crippen molar-refractivity contribution in [1.82, 2.24) is 10.2 Å². The maximum absolute atomic E-state index is 13.8. The van der Waals surface area contributed by atoms with Crippen LogP contribution in [0.1, 0.15) is 112 Å². The molecule has 3 aliphatic rings. The number of likely N-dealkylation sites (tertiary alicyclic amines) is 1. The van der Waals surface area contributed by atoms with Crippen molar-refractivity contribution < 1.29 is 41.8 Å². The van der Waals surface area contributed by atoms with E-state index in [1.54, 1.807) is 4.90 Å². The molecule has 1 aliphatic carbocycles. The van der Waals surface area contributed by atoms with Gasteiger partial charge in [-0.05, 0) is 87.7 Å². The molecule has 0 aromatic heterocycles. The number of amides is 3. The first-order valence-electron chi connectivity index (χ1n) is 17.8. The van der Waals surface area contributed by atoms with Crippen LogP contribution in [-0.4, -0.2) is 65.7 Å². The minimum Gasteiger partial charge on any atom is -0.446 e. The second-order valence-electron chi connectivity index (χ2n) is 15.1. The van der Waals surface area contributed by atoms with Gasteiger partial charge in [0.05, 0.1) is 17.4 Å². The first kappa shape index (κ1) is 38.3. The number of ether oxygens (including phenoxy) is 2. The van der Waals surface area contributed by atoms with Crippen LogP contribution in [0.15, 0.2) is 18.2 Å². The Morgan fingerprint density at radius 2 is 1.76 bits per heavy atom. The number of unbranched alkanes of at least 4 members (excludes halogenated alkanes) is 2. The third-order valence-electron chi connectivity index (χ3n) is 10.1. The van der Waals surface area contributed by atoms with Crippen LogP contribution < -0.4 is 20.7 Å². The van der Waals surface area contributed by atoms with Crippen molar-refractivity contribution in [3.63, 3.8) is 0 Å². The number of nitrogens with zero attached hydrogens (tertiary/aromatic N) is 1. The molecule has 0 radical (unpaired) electrons. The number of hydrogen-bond donors (Lipinski definition) is 3. The highest BCUT2D eigenvalue weighted by Crippen LogP contribution is 2.36. The molecule has 1 aromatic carbocycles. The first-order valence-corrected chi connectivity index (χ1v) is 17.8. The lowest BCUT2D eigenvalue weighted by Crippen LogP contribution is -2.53. The zero-order valence-corrected chi connectivity index (χ0v) is 29.4. The maximum Gasteiger partial charge on any atom is 0.573 e. The van der Waals surface area contributed by atoms with Crippen molar-refractivity contribution >= 4 is 35.1 Å². The number of benzene rings is 1. The van der Waals surface area contributed by atoms with E-state index in [2.05, 4.69) is 41.5 Å². The molecular weight excluding hydrogens is 641 g/mol. The normalized spacial score (nSPS) is 24.4. The standard InChI is InChI=1S/C36H53F3N4O6/c1-6-23-18-20-43(31(23)22(2)44)33(46)28(17-19-35(3,4)5)42-34(47)48-30-14-10-12-24(30)11-8-7-9-13-27-32(45)41-29-21-25(49-36(37,38)39)15-16-26(29)40-27/h15-16,21,23-24,27-28,30-31,40H,6-14,17-20H2,1-5H3,(H,41,45)(H,42,47)/t23-,24-,27?,28?,30?,31?/m1/s1. The van der Waals surface area contributed by atoms with Gasteiger partial charge in [0.25, 0.3) is 0 Å². The summed E-state index contributed by atoms with van der Waals surface area (Å²) in [6, 6.07) is 2.09. The van der Waals surface area contributed by atoms with Crippen LogP contribution in [0, 0.1) is 17.3 Å². The van der Waals surface area contributed by atoms with E-state index in [0.717, 1.165) is 63.9 Å². The zero-order valence-electron chi connectivity index (χ0n) is 29.4. The molecule has 13 heteroatoms. The first-order chi connectivity index (χ1) is 23.0. The van der Waals surface area contributed by atoms with Crippen molar-refractivity contribution in [2.45, 2.75) is 142 Å². The van der Waals surface area contributed by atoms with Gasteiger partial charge in [-0.15, -0.1) is 13.2 Å². The van der Waals surface area contributed by atoms with Gasteiger partial charge in [-0.3, -0.25) is 14.4 Å². The van der Waals surface area contributed by atoms with Crippen molar-refractivity contribution in [3.8, 4) is 5.75 Å². The predicted octanol–water partition coefficient (Wildman–Crippen LogP) is 7.57. The van der Waals surface area contributed by atoms with Crippen LogP contribution in [0.2, 0.25) is 0 Å². The largest absolute Gasteiger partial charge is 0.573 e. The van der Waals surface area contributed by atoms with Gasteiger partial charge in [-0.25, -0.2) is 4.79 Å². The second kappa shape index (κ2) is 16.5. The SMILES string of the molecule is CC[C@@H]1CCN(C(=O)C(CCC(C)(C)C)NC(=O)OC2CCC[C@H]2CCCCCC2Nc3ccc(OC(F)(F)F)cc3NC2=O)C1C(C)=O. The molecule has 1 aromatic rings. The molecule has 10 nitrogen and oxygen atoms in total. The van der Waals surface area contributed by atoms with Crippen molar-refractivity contribution in [1.29, 1.82) is 0 Å². The maximum atomic E-state index is 13.8. The Hall–Kier alpha value is -3.51. The van der Waals surface area contributed by atoms with Gasteiger partial charge in [0, 0.05) is 12.6 Å². The molecular formula is C36H53F3N4O6. The number of carbonyl (C=O) groups is 4. The van der Waals surface area contributed by atoms with Crippen LogP contribution in [0.3, 0.4) is 0 Å². The van der Waals surface area contributed by atoms with E-state index < -0.39 is 36.3 Å². The Morgan fingerprint density at radius 3 is 2.43 bits per heavy atom. The number of carbonyl (C=O) groups excluding carboxylic acids is 4. The highest BCUT2D eigenvalue weighted by Gasteiger charge is 2.42. The summed E-state index contributed by atoms with van der Waals surface area (Å²) in [5.74, 6) is -0.617. The van der Waals surface area contributed by atoms with Crippen molar-refractivity contribution in [2.24, 2.45) is 17.3 Å². The monoisotopic (exact) mass is 694 g/mol. The molecule has 1 saturated carbocycles. The van der Waals surface area contributed by atoms with E-state index >= 15 is 0 Å². The molecule has 49 heavy (non-hydrogen) atoms. The number of alkyl halides is 3. The average molecular weight is 695 g/mol. The summed E-state index contributed by atoms with van der Waals surface area (Å²) in [4.78, 5) is 53.8. The number of alkyl carbamates (subject to hydrolysis) is 1. The predicted molar refractivity (Wildman–Crippen MR) is 180 cm³/mol. The summed E-state index contributed by atoms with van der Waals surface area (Å²) >= 11 is 0. The Labute approximate surface area is 287 Å². The number of fused-ring (bicyclic) bond motifs is 1. The Balaban J connectivity index is 1.24. The minimum atomic E-state index is -4.82. The number of anilines is 2. The second-order valence-corrected chi connectivity index (χ2v) is 15.1. The molecule has 3 amide bonds. The summed E-state index contributed by atoms with van der Waals surface area (Å²) in [5.41, 5.74) is 0.735. The molecule has 2 heterocycles. The molecule has 0 spiro atoms. The van der Waals surface area contributed by atoms with Crippen LogP contribution in [0.25, 0.3) is 0 Å². The lowest BCUT2D eigenvalue weighted by molar-refractivity contribution is -0.274. The van der Waals surface area contributed by atoms with E-state index in [1.807, 2.05) is 6.92 Å². The topological polar surface area (TPSA) is 126 Å². The number of halogens is 3. The number of nitrogens with one attached hydrogen (secondary N) is 3. The average Bonchev–Trinajstić information content (AvgIpc) is 3.64. The quantitative estimate of drug-likeness (QED) is 0.172. The molecule has 4 unspecified atom stereocenters. The van der Waals surface area contributed by atoms with E-state index in [1.165, 1.54) is 19.1 Å². The summed E-state index contributed by atoms with van der Waals surface area (Å²) in [5, 5.41) is 8.66. The fourth-order valence-corrected chi connectivity index (χ4v) is 7.48. The zero-order chi connectivity index (χ0) is 35.9. The Bertz CT molecular complexity index is 1330. The minimum absolute atomic E-state index is 0.0239. The fraction of sp³-hybridized carbons (Fsp3) is 0.722. The summed E-state index contributed by atoms with van der Waals surface area (Å²) < 4.78 is 47.5. The van der Waals surface area contributed by atoms with Gasteiger partial charge in [-0.2, -0.15) is 0 Å². The summed E-state index contributed by atoms with van der Waals surface area (Å²) in [6.45, 7) is 10.3. The highest BCUT2D eigenvalue weighted by atomic mass is 19.4. The molecule has 4 rings (SSSR count). The van der Waals surface area contributed by atoms with Crippen molar-refractivity contribution in [2.75, 3.05) is 17.2 Å². The van der Waals surface area contributed by atoms with Crippen molar-refractivity contribution in [3.05, 3.63) is 18.2 Å². The van der Waals surface area contributed by atoms with Gasteiger partial charge in [0.15, 0.2) is 5.78 Å². The van der Waals surface area contributed by atoms with Crippen LogP contribution in [-0.2, 0) is 19.1 Å². The molecule has 3 N–H and O–H groups in total. The van der Waals surface area contributed by atoms with E-state index in [-0.39, 0.29) is 46.6 Å². The summed E-state index contributed by atoms with van der Waals surface area (Å²) in [7, 11) is 0. The number of rotatable bonds is 14. The molecule has 2 aliphatic heterocycles. The Kier molecular flexibility index (Phi) is 12.9. The van der Waals surface area contributed by atoms with Gasteiger partial charge in [0.2, 0.25) is 11.8 Å². The Morgan fingerprint density at radius 1 is 1.02 bits per heavy atom. The summed E-state index contributed by atoms with van der Waals surface area (Å²) in [6.07, 6.45) is 3.70. The van der Waals surface area contributed by atoms with Gasteiger partial charge in [0.1, 0.15) is 23.9 Å². The molecule has 274 valence electrons. The van der Waals surface area contributed by atoms with E-state index in [9.17, 15) is 32.3 Å². The molecule has 1 saturated heterocycles. The third-order valence-corrected chi connectivity index (χ3v) is 10.1. The number of hydrogen-bond acceptors (Lipinski definition) is 7. The van der Waals surface area contributed by atoms with Gasteiger partial charge < -0.3 is 30.3 Å². The molecule has 0 bridgehead atoms. The van der Waals surface area contributed by atoms with E-state index in [4.69, 9.17) is 4.74 Å². The molecule has 6 atom stereocenters. The highest BCUT2D eigenvalue weighted by molar-refractivity contribution is 6.03.